The largest absolute Gasteiger partial charge is 0.366 e. The molecule has 1 aromatic carbocycles. The van der Waals surface area contributed by atoms with E-state index in [0.717, 1.165) is 5.56 Å². The van der Waals surface area contributed by atoms with E-state index >= 15 is 0 Å². The lowest BCUT2D eigenvalue weighted by atomic mass is 10.1. The van der Waals surface area contributed by atoms with E-state index in [0.29, 0.717) is 11.3 Å². The van der Waals surface area contributed by atoms with Gasteiger partial charge in [-0.15, -0.1) is 22.6 Å². The molecule has 3 rings (SSSR count). The van der Waals surface area contributed by atoms with Crippen LogP contribution in [0, 0.1) is 5.82 Å². The highest BCUT2D eigenvalue weighted by Crippen LogP contribution is 2.17. The molecule has 3 aromatic rings. The van der Waals surface area contributed by atoms with Gasteiger partial charge in [0, 0.05) is 5.56 Å². The first-order valence-electron chi connectivity index (χ1n) is 4.98. The second-order valence-electron chi connectivity index (χ2n) is 3.55. The van der Waals surface area contributed by atoms with Crippen LogP contribution in [0.4, 0.5) is 10.3 Å². The van der Waals surface area contributed by atoms with Crippen LogP contribution in [0.5, 0.6) is 0 Å². The lowest BCUT2D eigenvalue weighted by Gasteiger charge is -2.01. The van der Waals surface area contributed by atoms with Gasteiger partial charge in [-0.25, -0.2) is 4.39 Å². The summed E-state index contributed by atoms with van der Waals surface area (Å²) < 4.78 is 14.2. The molecule has 0 saturated heterocycles. The lowest BCUT2D eigenvalue weighted by Crippen LogP contribution is -1.99. The summed E-state index contributed by atoms with van der Waals surface area (Å²) in [5.41, 5.74) is 7.68. The SMILES string of the molecule is Cl.Nc1nnc2ccc(-c3ccc(F)cc3)nn12. The first kappa shape index (κ1) is 12.3. The molecule has 0 spiro atoms. The second-order valence-corrected chi connectivity index (χ2v) is 3.55. The third-order valence-corrected chi connectivity index (χ3v) is 2.43. The minimum Gasteiger partial charge on any atom is -0.366 e. The van der Waals surface area contributed by atoms with Gasteiger partial charge in [0.25, 0.3) is 0 Å². The number of aromatic nitrogens is 4. The zero-order chi connectivity index (χ0) is 11.8. The molecular weight excluding hydrogens is 257 g/mol. The molecular formula is C11H9ClFN5. The molecule has 0 aliphatic rings. The molecule has 0 radical (unpaired) electrons. The van der Waals surface area contributed by atoms with Crippen LogP contribution in [0.15, 0.2) is 36.4 Å². The molecule has 2 aromatic heterocycles. The normalized spacial score (nSPS) is 10.3. The number of halogens is 2. The highest BCUT2D eigenvalue weighted by Gasteiger charge is 2.05. The maximum Gasteiger partial charge on any atom is 0.243 e. The van der Waals surface area contributed by atoms with Crippen molar-refractivity contribution in [2.24, 2.45) is 0 Å². The van der Waals surface area contributed by atoms with Crippen LogP contribution in [0.1, 0.15) is 0 Å². The van der Waals surface area contributed by atoms with Crippen LogP contribution < -0.4 is 5.73 Å². The van der Waals surface area contributed by atoms with Crippen molar-refractivity contribution < 1.29 is 4.39 Å². The summed E-state index contributed by atoms with van der Waals surface area (Å²) in [5, 5.41) is 11.8. The first-order valence-corrected chi connectivity index (χ1v) is 4.98. The van der Waals surface area contributed by atoms with Crippen LogP contribution in [0.25, 0.3) is 16.9 Å². The quantitative estimate of drug-likeness (QED) is 0.730. The van der Waals surface area contributed by atoms with E-state index in [1.165, 1.54) is 16.6 Å². The Balaban J connectivity index is 0.00000120. The number of hydrogen-bond donors (Lipinski definition) is 1. The first-order chi connectivity index (χ1) is 8.24. The van der Waals surface area contributed by atoms with Gasteiger partial charge in [-0.1, -0.05) is 0 Å². The summed E-state index contributed by atoms with van der Waals surface area (Å²) in [7, 11) is 0. The fourth-order valence-corrected chi connectivity index (χ4v) is 1.58. The molecule has 18 heavy (non-hydrogen) atoms. The minimum atomic E-state index is -0.279. The van der Waals surface area contributed by atoms with Gasteiger partial charge in [-0.3, -0.25) is 0 Å². The van der Waals surface area contributed by atoms with E-state index in [1.54, 1.807) is 24.3 Å². The van der Waals surface area contributed by atoms with E-state index in [9.17, 15) is 4.39 Å². The number of benzene rings is 1. The van der Waals surface area contributed by atoms with Crippen LogP contribution in [-0.4, -0.2) is 19.8 Å². The topological polar surface area (TPSA) is 69.1 Å². The fraction of sp³-hybridized carbons (Fsp3) is 0. The maximum atomic E-state index is 12.8. The van der Waals surface area contributed by atoms with Gasteiger partial charge in [0.05, 0.1) is 5.69 Å². The number of hydrogen-bond acceptors (Lipinski definition) is 4. The highest BCUT2D eigenvalue weighted by atomic mass is 35.5. The minimum absolute atomic E-state index is 0. The Labute approximate surface area is 108 Å². The molecule has 2 heterocycles. The van der Waals surface area contributed by atoms with Crippen molar-refractivity contribution in [3.8, 4) is 11.3 Å². The zero-order valence-electron chi connectivity index (χ0n) is 9.12. The number of fused-ring (bicyclic) bond motifs is 1. The molecule has 0 saturated carbocycles. The molecule has 0 bridgehead atoms. The Morgan fingerprint density at radius 1 is 1.00 bits per heavy atom. The van der Waals surface area contributed by atoms with Crippen LogP contribution in [0.2, 0.25) is 0 Å². The van der Waals surface area contributed by atoms with E-state index in [4.69, 9.17) is 5.73 Å². The number of rotatable bonds is 1. The Morgan fingerprint density at radius 2 is 1.72 bits per heavy atom. The summed E-state index contributed by atoms with van der Waals surface area (Å²) in [6.45, 7) is 0. The van der Waals surface area contributed by atoms with Crippen molar-refractivity contribution in [2.45, 2.75) is 0 Å². The smallest absolute Gasteiger partial charge is 0.243 e. The van der Waals surface area contributed by atoms with Gasteiger partial charge >= 0.3 is 0 Å². The summed E-state index contributed by atoms with van der Waals surface area (Å²) >= 11 is 0. The average molecular weight is 266 g/mol. The predicted molar refractivity (Wildman–Crippen MR) is 67.8 cm³/mol. The van der Waals surface area contributed by atoms with Gasteiger partial charge < -0.3 is 5.73 Å². The molecule has 7 heteroatoms. The van der Waals surface area contributed by atoms with Crippen molar-refractivity contribution in [1.29, 1.82) is 0 Å². The van der Waals surface area contributed by atoms with Gasteiger partial charge in [0.1, 0.15) is 5.82 Å². The number of nitrogens with two attached hydrogens (primary N) is 1. The van der Waals surface area contributed by atoms with Crippen molar-refractivity contribution in [2.75, 3.05) is 5.73 Å². The van der Waals surface area contributed by atoms with Gasteiger partial charge in [-0.05, 0) is 36.4 Å². The third kappa shape index (κ3) is 1.98. The molecule has 0 aliphatic carbocycles. The average Bonchev–Trinajstić information content (AvgIpc) is 2.72. The monoisotopic (exact) mass is 265 g/mol. The number of nitrogen functional groups attached to an aromatic ring is 1. The highest BCUT2D eigenvalue weighted by molar-refractivity contribution is 5.85. The summed E-state index contributed by atoms with van der Waals surface area (Å²) in [4.78, 5) is 0. The summed E-state index contributed by atoms with van der Waals surface area (Å²) in [6.07, 6.45) is 0. The molecule has 0 aliphatic heterocycles. The van der Waals surface area contributed by atoms with E-state index in [1.807, 2.05) is 0 Å². The lowest BCUT2D eigenvalue weighted by molar-refractivity contribution is 0.628. The van der Waals surface area contributed by atoms with Crippen molar-refractivity contribution in [3.05, 3.63) is 42.2 Å². The van der Waals surface area contributed by atoms with Crippen LogP contribution in [-0.2, 0) is 0 Å². The molecule has 0 fully saturated rings. The Kier molecular flexibility index (Phi) is 3.12. The fourth-order valence-electron chi connectivity index (χ4n) is 1.58. The molecule has 92 valence electrons. The van der Waals surface area contributed by atoms with Crippen molar-refractivity contribution >= 4 is 24.0 Å². The molecule has 0 atom stereocenters. The summed E-state index contributed by atoms with van der Waals surface area (Å²) in [6, 6.07) is 9.63. The van der Waals surface area contributed by atoms with Gasteiger partial charge in [-0.2, -0.15) is 9.61 Å². The zero-order valence-corrected chi connectivity index (χ0v) is 9.93. The van der Waals surface area contributed by atoms with Gasteiger partial charge in [0.15, 0.2) is 5.65 Å². The maximum absolute atomic E-state index is 12.8. The summed E-state index contributed by atoms with van der Waals surface area (Å²) in [5.74, 6) is -0.0531. The van der Waals surface area contributed by atoms with E-state index in [2.05, 4.69) is 15.3 Å². The van der Waals surface area contributed by atoms with Crippen LogP contribution >= 0.6 is 12.4 Å². The molecule has 5 nitrogen and oxygen atoms in total. The predicted octanol–water partition coefficient (Wildman–Crippen LogP) is 1.93. The van der Waals surface area contributed by atoms with E-state index < -0.39 is 0 Å². The van der Waals surface area contributed by atoms with Crippen molar-refractivity contribution in [1.82, 2.24) is 19.8 Å². The van der Waals surface area contributed by atoms with Crippen molar-refractivity contribution in [3.63, 3.8) is 0 Å². The van der Waals surface area contributed by atoms with E-state index in [-0.39, 0.29) is 24.2 Å². The molecule has 0 amide bonds. The number of anilines is 1. The Bertz CT molecular complexity index is 679. The van der Waals surface area contributed by atoms with Crippen LogP contribution in [0.3, 0.4) is 0 Å². The Hall–Kier alpha value is -2.21. The second kappa shape index (κ2) is 4.58. The third-order valence-electron chi connectivity index (χ3n) is 2.43. The van der Waals surface area contributed by atoms with Gasteiger partial charge in [0.2, 0.25) is 5.95 Å². The number of nitrogens with zero attached hydrogens (tertiary/aromatic N) is 4. The molecule has 2 N–H and O–H groups in total. The molecule has 0 unspecified atom stereocenters. The Morgan fingerprint density at radius 3 is 2.44 bits per heavy atom. The standard InChI is InChI=1S/C11H8FN5.ClH/c12-8-3-1-7(2-4-8)9-5-6-10-14-15-11(13)17(10)16-9;/h1-6H,(H2,13,15);1H.